The van der Waals surface area contributed by atoms with Crippen LogP contribution in [0.25, 0.3) is 0 Å². The summed E-state index contributed by atoms with van der Waals surface area (Å²) in [4.78, 5) is 0. The lowest BCUT2D eigenvalue weighted by Gasteiger charge is -2.23. The molecule has 1 unspecified atom stereocenters. The topological polar surface area (TPSA) is 21.3 Å². The van der Waals surface area contributed by atoms with Crippen molar-refractivity contribution in [3.05, 3.63) is 34.9 Å². The summed E-state index contributed by atoms with van der Waals surface area (Å²) in [5, 5.41) is 4.31. The van der Waals surface area contributed by atoms with Crippen molar-refractivity contribution in [2.45, 2.75) is 38.3 Å². The Labute approximate surface area is 120 Å². The Morgan fingerprint density at radius 2 is 2.00 bits per heavy atom. The molecule has 0 radical (unpaired) electrons. The van der Waals surface area contributed by atoms with Crippen molar-refractivity contribution in [1.29, 1.82) is 0 Å². The highest BCUT2D eigenvalue weighted by Crippen LogP contribution is 2.12. The molecule has 1 N–H and O–H groups in total. The second-order valence-corrected chi connectivity index (χ2v) is 5.05. The molecule has 2 rings (SSSR count). The van der Waals surface area contributed by atoms with Crippen LogP contribution in [-0.2, 0) is 11.3 Å². The van der Waals surface area contributed by atoms with Crippen molar-refractivity contribution < 1.29 is 4.74 Å². The summed E-state index contributed by atoms with van der Waals surface area (Å²) in [6, 6.07) is 8.50. The van der Waals surface area contributed by atoms with E-state index in [9.17, 15) is 0 Å². The van der Waals surface area contributed by atoms with Crippen LogP contribution in [0.1, 0.15) is 31.2 Å². The smallest absolute Gasteiger partial charge is 0.0716 e. The van der Waals surface area contributed by atoms with Gasteiger partial charge in [0.1, 0.15) is 0 Å². The summed E-state index contributed by atoms with van der Waals surface area (Å²) in [7, 11) is 0. The quantitative estimate of drug-likeness (QED) is 0.833. The molecule has 102 valence electrons. The average Bonchev–Trinajstić information content (AvgIpc) is 2.38. The first-order valence-corrected chi connectivity index (χ1v) is 6.78. The highest BCUT2D eigenvalue weighted by Gasteiger charge is 2.11. The molecule has 1 fully saturated rings. The predicted octanol–water partition coefficient (Wildman–Crippen LogP) is 3.81. The van der Waals surface area contributed by atoms with Crippen molar-refractivity contribution >= 4 is 24.0 Å². The molecule has 1 atom stereocenters. The van der Waals surface area contributed by atoms with E-state index in [0.29, 0.717) is 12.6 Å². The van der Waals surface area contributed by atoms with Crippen molar-refractivity contribution in [2.75, 3.05) is 13.2 Å². The summed E-state index contributed by atoms with van der Waals surface area (Å²) in [5.74, 6) is 0. The van der Waals surface area contributed by atoms with Gasteiger partial charge in [0, 0.05) is 17.7 Å². The van der Waals surface area contributed by atoms with Gasteiger partial charge in [-0.2, -0.15) is 0 Å². The number of rotatable bonds is 5. The monoisotopic (exact) mass is 289 g/mol. The van der Waals surface area contributed by atoms with E-state index in [-0.39, 0.29) is 12.4 Å². The van der Waals surface area contributed by atoms with Crippen LogP contribution < -0.4 is 5.32 Å². The van der Waals surface area contributed by atoms with Crippen molar-refractivity contribution in [1.82, 2.24) is 5.32 Å². The number of benzene rings is 1. The van der Waals surface area contributed by atoms with Crippen LogP contribution >= 0.6 is 24.0 Å². The molecule has 0 bridgehead atoms. The van der Waals surface area contributed by atoms with Crippen molar-refractivity contribution in [2.24, 2.45) is 0 Å². The molecule has 0 amide bonds. The van der Waals surface area contributed by atoms with Gasteiger partial charge in [-0.3, -0.25) is 0 Å². The Morgan fingerprint density at radius 3 is 2.67 bits per heavy atom. The zero-order valence-electron chi connectivity index (χ0n) is 10.5. The number of nitrogens with one attached hydrogen (secondary N) is 1. The second kappa shape index (κ2) is 8.76. The van der Waals surface area contributed by atoms with Crippen molar-refractivity contribution in [3.8, 4) is 0 Å². The van der Waals surface area contributed by atoms with Gasteiger partial charge in [-0.05, 0) is 43.5 Å². The molecule has 1 aliphatic heterocycles. The van der Waals surface area contributed by atoms with Crippen LogP contribution in [0.15, 0.2) is 24.3 Å². The first kappa shape index (κ1) is 15.8. The first-order valence-electron chi connectivity index (χ1n) is 6.40. The van der Waals surface area contributed by atoms with E-state index in [2.05, 4.69) is 5.32 Å². The maximum absolute atomic E-state index is 5.83. The zero-order valence-corrected chi connectivity index (χ0v) is 12.1. The number of piperidine rings is 1. The van der Waals surface area contributed by atoms with Crippen LogP contribution in [-0.4, -0.2) is 19.2 Å². The minimum atomic E-state index is 0. The Morgan fingerprint density at radius 1 is 1.22 bits per heavy atom. The van der Waals surface area contributed by atoms with Gasteiger partial charge in [-0.1, -0.05) is 30.2 Å². The molecule has 0 aromatic heterocycles. The van der Waals surface area contributed by atoms with Gasteiger partial charge in [-0.15, -0.1) is 12.4 Å². The largest absolute Gasteiger partial charge is 0.377 e. The number of hydrogen-bond acceptors (Lipinski definition) is 2. The lowest BCUT2D eigenvalue weighted by molar-refractivity contribution is 0.108. The first-order chi connectivity index (χ1) is 8.34. The standard InChI is InChI=1S/C14H20ClNO.ClH/c15-13-6-4-12(5-7-13)11-17-10-8-14-3-1-2-9-16-14;/h4-7,14,16H,1-3,8-11H2;1H. The van der Waals surface area contributed by atoms with Gasteiger partial charge in [0.05, 0.1) is 6.61 Å². The van der Waals surface area contributed by atoms with Crippen molar-refractivity contribution in [3.63, 3.8) is 0 Å². The Kier molecular flexibility index (Phi) is 7.68. The van der Waals surface area contributed by atoms with E-state index >= 15 is 0 Å². The minimum Gasteiger partial charge on any atom is -0.377 e. The van der Waals surface area contributed by atoms with E-state index in [1.807, 2.05) is 24.3 Å². The molecular weight excluding hydrogens is 269 g/mol. The fraction of sp³-hybridized carbons (Fsp3) is 0.571. The van der Waals surface area contributed by atoms with E-state index in [4.69, 9.17) is 16.3 Å². The fourth-order valence-electron chi connectivity index (χ4n) is 2.17. The lowest BCUT2D eigenvalue weighted by atomic mass is 10.0. The summed E-state index contributed by atoms with van der Waals surface area (Å²) >= 11 is 5.83. The lowest BCUT2D eigenvalue weighted by Crippen LogP contribution is -2.34. The third kappa shape index (κ3) is 5.57. The SMILES string of the molecule is Cl.Clc1ccc(COCCC2CCCCN2)cc1. The van der Waals surface area contributed by atoms with E-state index in [0.717, 1.165) is 18.1 Å². The minimum absolute atomic E-state index is 0. The Hall–Kier alpha value is -0.280. The summed E-state index contributed by atoms with van der Waals surface area (Å²) in [5.41, 5.74) is 1.19. The molecule has 2 nitrogen and oxygen atoms in total. The van der Waals surface area contributed by atoms with Gasteiger partial charge in [0.2, 0.25) is 0 Å². The molecule has 1 aliphatic rings. The molecule has 18 heavy (non-hydrogen) atoms. The molecule has 4 heteroatoms. The molecule has 0 aliphatic carbocycles. The highest BCUT2D eigenvalue weighted by atomic mass is 35.5. The maximum Gasteiger partial charge on any atom is 0.0716 e. The van der Waals surface area contributed by atoms with E-state index in [1.54, 1.807) is 0 Å². The molecule has 1 aromatic carbocycles. The Bertz CT molecular complexity index is 323. The zero-order chi connectivity index (χ0) is 11.9. The molecule has 1 heterocycles. The van der Waals surface area contributed by atoms with Gasteiger partial charge >= 0.3 is 0 Å². The van der Waals surface area contributed by atoms with Gasteiger partial charge in [0.15, 0.2) is 0 Å². The highest BCUT2D eigenvalue weighted by molar-refractivity contribution is 6.30. The van der Waals surface area contributed by atoms with Crippen LogP contribution in [0.3, 0.4) is 0 Å². The fourth-order valence-corrected chi connectivity index (χ4v) is 2.29. The average molecular weight is 290 g/mol. The summed E-state index contributed by atoms with van der Waals surface area (Å²) in [6.07, 6.45) is 5.09. The van der Waals surface area contributed by atoms with Gasteiger partial charge in [-0.25, -0.2) is 0 Å². The molecule has 0 saturated carbocycles. The number of halogens is 2. The van der Waals surface area contributed by atoms with E-state index < -0.39 is 0 Å². The molecular formula is C14H21Cl2NO. The predicted molar refractivity (Wildman–Crippen MR) is 78.6 cm³/mol. The molecule has 0 spiro atoms. The van der Waals surface area contributed by atoms with E-state index in [1.165, 1.54) is 31.4 Å². The Balaban J connectivity index is 0.00000162. The third-order valence-electron chi connectivity index (χ3n) is 3.21. The summed E-state index contributed by atoms with van der Waals surface area (Å²) < 4.78 is 5.68. The molecule has 1 aromatic rings. The van der Waals surface area contributed by atoms with Crippen LogP contribution in [0, 0.1) is 0 Å². The van der Waals surface area contributed by atoms with Crippen LogP contribution in [0.4, 0.5) is 0 Å². The van der Waals surface area contributed by atoms with Crippen LogP contribution in [0.5, 0.6) is 0 Å². The molecule has 1 saturated heterocycles. The van der Waals surface area contributed by atoms with Crippen LogP contribution in [0.2, 0.25) is 5.02 Å². The maximum atomic E-state index is 5.83. The summed E-state index contributed by atoms with van der Waals surface area (Å²) in [6.45, 7) is 2.69. The van der Waals surface area contributed by atoms with Gasteiger partial charge < -0.3 is 10.1 Å². The number of hydrogen-bond donors (Lipinski definition) is 1. The second-order valence-electron chi connectivity index (χ2n) is 4.61. The third-order valence-corrected chi connectivity index (χ3v) is 3.46. The van der Waals surface area contributed by atoms with Gasteiger partial charge in [0.25, 0.3) is 0 Å². The normalized spacial score (nSPS) is 19.3. The number of ether oxygens (including phenoxy) is 1.